The number of benzene rings is 1. The highest BCUT2D eigenvalue weighted by atomic mass is 79.9. The quantitative estimate of drug-likeness (QED) is 0.860. The van der Waals surface area contributed by atoms with Gasteiger partial charge in [0.2, 0.25) is 0 Å². The molecule has 0 saturated heterocycles. The smallest absolute Gasteiger partial charge is 0.293 e. The van der Waals surface area contributed by atoms with Gasteiger partial charge in [-0.2, -0.15) is 9.78 Å². The van der Waals surface area contributed by atoms with Crippen molar-refractivity contribution >= 4 is 15.9 Å². The fourth-order valence-corrected chi connectivity index (χ4v) is 1.58. The maximum Gasteiger partial charge on any atom is 0.348 e. The first kappa shape index (κ1) is 10.1. The molecule has 2 rings (SSSR count). The van der Waals surface area contributed by atoms with E-state index in [2.05, 4.69) is 26.0 Å². The van der Waals surface area contributed by atoms with Crippen LogP contribution in [-0.4, -0.2) is 14.8 Å². The van der Waals surface area contributed by atoms with Crippen molar-refractivity contribution < 1.29 is 4.39 Å². The Morgan fingerprint density at radius 2 is 2.27 bits per heavy atom. The first-order chi connectivity index (χ1) is 7.08. The average molecular weight is 272 g/mol. The van der Waals surface area contributed by atoms with Crippen LogP contribution in [0.3, 0.4) is 0 Å². The largest absolute Gasteiger partial charge is 0.348 e. The number of nitrogens with one attached hydrogen (secondary N) is 1. The van der Waals surface area contributed by atoms with Crippen molar-refractivity contribution in [2.24, 2.45) is 0 Å². The van der Waals surface area contributed by atoms with Crippen LogP contribution in [0.4, 0.5) is 4.39 Å². The highest BCUT2D eigenvalue weighted by Crippen LogP contribution is 2.16. The van der Waals surface area contributed by atoms with E-state index in [9.17, 15) is 9.18 Å². The number of aryl methyl sites for hydroxylation is 1. The highest BCUT2D eigenvalue weighted by molar-refractivity contribution is 9.10. The maximum absolute atomic E-state index is 13.5. The topological polar surface area (TPSA) is 50.7 Å². The molecule has 0 fully saturated rings. The van der Waals surface area contributed by atoms with Crippen molar-refractivity contribution in [2.45, 2.75) is 6.92 Å². The number of hydrogen-bond donors (Lipinski definition) is 1. The van der Waals surface area contributed by atoms with E-state index in [-0.39, 0.29) is 5.69 Å². The minimum absolute atomic E-state index is 0.132. The first-order valence-corrected chi connectivity index (χ1v) is 4.98. The molecule has 15 heavy (non-hydrogen) atoms. The molecule has 4 nitrogen and oxygen atoms in total. The van der Waals surface area contributed by atoms with Crippen molar-refractivity contribution in [1.29, 1.82) is 0 Å². The van der Waals surface area contributed by atoms with E-state index in [1.807, 2.05) is 0 Å². The van der Waals surface area contributed by atoms with Gasteiger partial charge in [0.25, 0.3) is 0 Å². The monoisotopic (exact) mass is 271 g/mol. The zero-order valence-electron chi connectivity index (χ0n) is 7.79. The Morgan fingerprint density at radius 1 is 1.53 bits per heavy atom. The van der Waals surface area contributed by atoms with Crippen LogP contribution in [0.5, 0.6) is 0 Å². The lowest BCUT2D eigenvalue weighted by atomic mass is 10.3. The minimum Gasteiger partial charge on any atom is -0.293 e. The van der Waals surface area contributed by atoms with Crippen LogP contribution >= 0.6 is 15.9 Å². The number of hydrogen-bond acceptors (Lipinski definition) is 2. The van der Waals surface area contributed by atoms with Crippen LogP contribution in [0, 0.1) is 12.7 Å². The zero-order valence-corrected chi connectivity index (χ0v) is 9.38. The van der Waals surface area contributed by atoms with Crippen molar-refractivity contribution in [3.63, 3.8) is 0 Å². The summed E-state index contributed by atoms with van der Waals surface area (Å²) in [6, 6.07) is 4.42. The van der Waals surface area contributed by atoms with E-state index in [0.29, 0.717) is 10.3 Å². The second kappa shape index (κ2) is 3.62. The SMILES string of the molecule is Cc1nn(-c2ccc(Br)cc2F)c(=O)[nH]1. The van der Waals surface area contributed by atoms with Crippen LogP contribution in [0.1, 0.15) is 5.82 Å². The van der Waals surface area contributed by atoms with Gasteiger partial charge in [0, 0.05) is 4.47 Å². The fraction of sp³-hybridized carbons (Fsp3) is 0.111. The molecular weight excluding hydrogens is 265 g/mol. The summed E-state index contributed by atoms with van der Waals surface area (Å²) >= 11 is 3.14. The van der Waals surface area contributed by atoms with Crippen LogP contribution in [0.15, 0.2) is 27.5 Å². The van der Waals surface area contributed by atoms with Gasteiger partial charge in [0.05, 0.1) is 0 Å². The van der Waals surface area contributed by atoms with E-state index in [4.69, 9.17) is 0 Å². The third kappa shape index (κ3) is 1.85. The molecule has 0 amide bonds. The van der Waals surface area contributed by atoms with Crippen molar-refractivity contribution in [3.8, 4) is 5.69 Å². The third-order valence-electron chi connectivity index (χ3n) is 1.87. The fourth-order valence-electron chi connectivity index (χ4n) is 1.24. The number of aromatic nitrogens is 3. The lowest BCUT2D eigenvalue weighted by Gasteiger charge is -2.01. The minimum atomic E-state index is -0.502. The number of aromatic amines is 1. The van der Waals surface area contributed by atoms with Gasteiger partial charge in [0.15, 0.2) is 0 Å². The van der Waals surface area contributed by atoms with Gasteiger partial charge in [-0.15, -0.1) is 0 Å². The lowest BCUT2D eigenvalue weighted by Crippen LogP contribution is -2.17. The molecule has 2 aromatic rings. The molecule has 6 heteroatoms. The summed E-state index contributed by atoms with van der Waals surface area (Å²) in [5, 5.41) is 3.86. The molecule has 1 aromatic carbocycles. The Labute approximate surface area is 92.9 Å². The van der Waals surface area contributed by atoms with Gasteiger partial charge in [-0.25, -0.2) is 9.18 Å². The van der Waals surface area contributed by atoms with E-state index in [1.165, 1.54) is 12.1 Å². The molecule has 0 radical (unpaired) electrons. The molecule has 0 aliphatic carbocycles. The van der Waals surface area contributed by atoms with Gasteiger partial charge in [0.1, 0.15) is 17.3 Å². The normalized spacial score (nSPS) is 10.6. The summed E-state index contributed by atoms with van der Waals surface area (Å²) in [7, 11) is 0. The molecule has 0 aliphatic rings. The van der Waals surface area contributed by atoms with Gasteiger partial charge in [-0.1, -0.05) is 15.9 Å². The lowest BCUT2D eigenvalue weighted by molar-refractivity contribution is 0.606. The zero-order chi connectivity index (χ0) is 11.0. The number of H-pyrrole nitrogens is 1. The van der Waals surface area contributed by atoms with Gasteiger partial charge < -0.3 is 0 Å². The molecule has 0 spiro atoms. The summed E-state index contributed by atoms with van der Waals surface area (Å²) in [4.78, 5) is 13.8. The Hall–Kier alpha value is -1.43. The van der Waals surface area contributed by atoms with Gasteiger partial charge >= 0.3 is 5.69 Å². The average Bonchev–Trinajstić information content (AvgIpc) is 2.45. The number of rotatable bonds is 1. The summed E-state index contributed by atoms with van der Waals surface area (Å²) in [6.07, 6.45) is 0. The predicted octanol–water partition coefficient (Wildman–Crippen LogP) is 1.77. The summed E-state index contributed by atoms with van der Waals surface area (Å²) in [5.74, 6) is -0.0553. The van der Waals surface area contributed by atoms with E-state index >= 15 is 0 Å². The second-order valence-electron chi connectivity index (χ2n) is 3.02. The van der Waals surface area contributed by atoms with Crippen LogP contribution in [0.25, 0.3) is 5.69 Å². The highest BCUT2D eigenvalue weighted by Gasteiger charge is 2.09. The van der Waals surface area contributed by atoms with Crippen molar-refractivity contribution in [3.05, 3.63) is 44.8 Å². The second-order valence-corrected chi connectivity index (χ2v) is 3.94. The van der Waals surface area contributed by atoms with E-state index in [0.717, 1.165) is 4.68 Å². The van der Waals surface area contributed by atoms with Crippen molar-refractivity contribution in [2.75, 3.05) is 0 Å². The van der Waals surface area contributed by atoms with Crippen LogP contribution in [-0.2, 0) is 0 Å². The van der Waals surface area contributed by atoms with Crippen LogP contribution in [0.2, 0.25) is 0 Å². The Bertz CT molecular complexity index is 561. The molecule has 0 saturated carbocycles. The molecule has 0 unspecified atom stereocenters. The Morgan fingerprint density at radius 3 is 2.80 bits per heavy atom. The molecule has 0 aliphatic heterocycles. The molecule has 78 valence electrons. The summed E-state index contributed by atoms with van der Waals surface area (Å²) in [5.41, 5.74) is -0.318. The molecular formula is C9H7BrFN3O. The van der Waals surface area contributed by atoms with Gasteiger partial charge in [-0.3, -0.25) is 4.98 Å². The number of halogens is 2. The molecule has 1 heterocycles. The van der Waals surface area contributed by atoms with Gasteiger partial charge in [-0.05, 0) is 25.1 Å². The summed E-state index contributed by atoms with van der Waals surface area (Å²) < 4.78 is 15.1. The third-order valence-corrected chi connectivity index (χ3v) is 2.36. The Balaban J connectivity index is 2.64. The standard InChI is InChI=1S/C9H7BrFN3O/c1-5-12-9(15)14(13-5)8-3-2-6(10)4-7(8)11/h2-4H,1H3,(H,12,13,15). The number of nitrogens with zero attached hydrogens (tertiary/aromatic N) is 2. The molecule has 0 atom stereocenters. The van der Waals surface area contributed by atoms with E-state index in [1.54, 1.807) is 13.0 Å². The van der Waals surface area contributed by atoms with Crippen molar-refractivity contribution in [1.82, 2.24) is 14.8 Å². The first-order valence-electron chi connectivity index (χ1n) is 4.19. The molecule has 1 aromatic heterocycles. The molecule has 1 N–H and O–H groups in total. The Kier molecular flexibility index (Phi) is 2.44. The summed E-state index contributed by atoms with van der Waals surface area (Å²) in [6.45, 7) is 1.63. The van der Waals surface area contributed by atoms with Crippen LogP contribution < -0.4 is 5.69 Å². The molecule has 0 bridgehead atoms. The van der Waals surface area contributed by atoms with E-state index < -0.39 is 11.5 Å². The predicted molar refractivity (Wildman–Crippen MR) is 56.6 cm³/mol. The maximum atomic E-state index is 13.5.